The lowest BCUT2D eigenvalue weighted by molar-refractivity contribution is 0.0747. The van der Waals surface area contributed by atoms with Crippen LogP contribution in [0.1, 0.15) is 27.0 Å². The van der Waals surface area contributed by atoms with Gasteiger partial charge in [0, 0.05) is 53.0 Å². The highest BCUT2D eigenvalue weighted by molar-refractivity contribution is 7.92. The fraction of sp³-hybridized carbons (Fsp3) is 0.296. The van der Waals surface area contributed by atoms with E-state index in [1.165, 1.54) is 21.1 Å². The summed E-state index contributed by atoms with van der Waals surface area (Å²) in [7, 11) is -3.63. The Kier molecular flexibility index (Phi) is 7.83. The summed E-state index contributed by atoms with van der Waals surface area (Å²) in [5.74, 6) is -0.0674. The van der Waals surface area contributed by atoms with Crippen LogP contribution < -0.4 is 9.21 Å². The number of halogens is 2. The molecular weight excluding hydrogens is 517 g/mol. The number of hydrogen-bond acceptors (Lipinski definition) is 4. The molecular formula is C27H29Cl2N3O3S. The van der Waals surface area contributed by atoms with Gasteiger partial charge in [-0.1, -0.05) is 41.4 Å². The standard InChI is InChI=1S/C27H29Cl2N3O3S/c1-19-6-4-9-26(20(19)2)30-14-16-31(17-15-30)27(33)21-10-12-22(13-11-21)32(36(3,34)35)18-23-24(28)7-5-8-25(23)29/h4-13H,14-18H2,1-3H3. The molecule has 0 aromatic heterocycles. The number of hydrogen-bond donors (Lipinski definition) is 0. The Balaban J connectivity index is 1.47. The van der Waals surface area contributed by atoms with E-state index in [-0.39, 0.29) is 12.5 Å². The number of nitrogens with zero attached hydrogens (tertiary/aromatic N) is 3. The second-order valence-electron chi connectivity index (χ2n) is 9.02. The summed E-state index contributed by atoms with van der Waals surface area (Å²) in [6, 6.07) is 18.0. The quantitative estimate of drug-likeness (QED) is 0.408. The summed E-state index contributed by atoms with van der Waals surface area (Å²) < 4.78 is 26.4. The maximum atomic E-state index is 13.2. The van der Waals surface area contributed by atoms with Gasteiger partial charge >= 0.3 is 0 Å². The Morgan fingerprint density at radius 2 is 1.47 bits per heavy atom. The first-order valence-electron chi connectivity index (χ1n) is 11.7. The Bertz CT molecular complexity index is 1350. The van der Waals surface area contributed by atoms with Crippen molar-refractivity contribution in [2.45, 2.75) is 20.4 Å². The number of amides is 1. The Morgan fingerprint density at radius 3 is 2.06 bits per heavy atom. The van der Waals surface area contributed by atoms with Crippen molar-refractivity contribution in [3.05, 3.63) is 93.0 Å². The largest absolute Gasteiger partial charge is 0.368 e. The second-order valence-corrected chi connectivity index (χ2v) is 11.7. The van der Waals surface area contributed by atoms with Crippen LogP contribution in [0.4, 0.5) is 11.4 Å². The lowest BCUT2D eigenvalue weighted by Gasteiger charge is -2.37. The summed E-state index contributed by atoms with van der Waals surface area (Å²) in [5, 5.41) is 0.783. The van der Waals surface area contributed by atoms with Crippen molar-refractivity contribution in [2.24, 2.45) is 0 Å². The number of rotatable bonds is 6. The van der Waals surface area contributed by atoms with E-state index in [4.69, 9.17) is 23.2 Å². The van der Waals surface area contributed by atoms with Crippen molar-refractivity contribution in [2.75, 3.05) is 41.6 Å². The Morgan fingerprint density at radius 1 is 0.889 bits per heavy atom. The molecule has 3 aromatic rings. The van der Waals surface area contributed by atoms with Crippen LogP contribution in [-0.4, -0.2) is 51.7 Å². The summed E-state index contributed by atoms with van der Waals surface area (Å²) in [6.45, 7) is 6.98. The summed E-state index contributed by atoms with van der Waals surface area (Å²) in [4.78, 5) is 17.3. The van der Waals surface area contributed by atoms with Gasteiger partial charge in [0.1, 0.15) is 0 Å². The normalized spacial score (nSPS) is 14.1. The van der Waals surface area contributed by atoms with Crippen molar-refractivity contribution in [3.63, 3.8) is 0 Å². The molecule has 0 saturated carbocycles. The van der Waals surface area contributed by atoms with Gasteiger partial charge in [0.25, 0.3) is 5.91 Å². The highest BCUT2D eigenvalue weighted by Crippen LogP contribution is 2.30. The first-order chi connectivity index (χ1) is 17.1. The molecule has 0 aliphatic carbocycles. The molecule has 4 rings (SSSR count). The van der Waals surface area contributed by atoms with Gasteiger partial charge in [0.15, 0.2) is 0 Å². The van der Waals surface area contributed by atoms with Gasteiger partial charge in [-0.25, -0.2) is 8.42 Å². The van der Waals surface area contributed by atoms with Crippen molar-refractivity contribution in [1.82, 2.24) is 4.90 Å². The number of anilines is 2. The molecule has 1 fully saturated rings. The molecule has 1 aliphatic heterocycles. The molecule has 1 saturated heterocycles. The summed E-state index contributed by atoms with van der Waals surface area (Å²) >= 11 is 12.5. The number of aryl methyl sites for hydroxylation is 1. The van der Waals surface area contributed by atoms with Crippen LogP contribution >= 0.6 is 23.2 Å². The first-order valence-corrected chi connectivity index (χ1v) is 14.3. The summed E-state index contributed by atoms with van der Waals surface area (Å²) in [5.41, 5.74) is 5.21. The minimum atomic E-state index is -3.63. The van der Waals surface area contributed by atoms with E-state index in [2.05, 4.69) is 36.9 Å². The zero-order valence-corrected chi connectivity index (χ0v) is 22.9. The smallest absolute Gasteiger partial charge is 0.253 e. The third-order valence-electron chi connectivity index (χ3n) is 6.65. The number of piperazine rings is 1. The predicted molar refractivity (Wildman–Crippen MR) is 148 cm³/mol. The van der Waals surface area contributed by atoms with Gasteiger partial charge in [-0.2, -0.15) is 0 Å². The minimum Gasteiger partial charge on any atom is -0.368 e. The van der Waals surface area contributed by atoms with E-state index in [0.717, 1.165) is 19.3 Å². The van der Waals surface area contributed by atoms with Gasteiger partial charge in [-0.05, 0) is 67.4 Å². The first kappa shape index (κ1) is 26.3. The molecule has 36 heavy (non-hydrogen) atoms. The van der Waals surface area contributed by atoms with Crippen LogP contribution in [0, 0.1) is 13.8 Å². The minimum absolute atomic E-state index is 0.00896. The van der Waals surface area contributed by atoms with Crippen LogP contribution in [0.15, 0.2) is 60.7 Å². The second kappa shape index (κ2) is 10.7. The van der Waals surface area contributed by atoms with E-state index in [1.54, 1.807) is 42.5 Å². The van der Waals surface area contributed by atoms with E-state index in [1.807, 2.05) is 4.90 Å². The van der Waals surface area contributed by atoms with Gasteiger partial charge in [-0.3, -0.25) is 9.10 Å². The van der Waals surface area contributed by atoms with Crippen molar-refractivity contribution < 1.29 is 13.2 Å². The molecule has 0 bridgehead atoms. The van der Waals surface area contributed by atoms with Gasteiger partial charge in [0.2, 0.25) is 10.0 Å². The van der Waals surface area contributed by atoms with E-state index in [9.17, 15) is 13.2 Å². The Hall–Kier alpha value is -2.74. The van der Waals surface area contributed by atoms with Gasteiger partial charge in [0.05, 0.1) is 18.5 Å². The zero-order valence-electron chi connectivity index (χ0n) is 20.5. The van der Waals surface area contributed by atoms with Gasteiger partial charge in [-0.15, -0.1) is 0 Å². The molecule has 0 atom stereocenters. The molecule has 1 aliphatic rings. The predicted octanol–water partition coefficient (Wildman–Crippen LogP) is 5.54. The zero-order chi connectivity index (χ0) is 26.0. The average molecular weight is 547 g/mol. The molecule has 0 N–H and O–H groups in total. The molecule has 9 heteroatoms. The number of sulfonamides is 1. The van der Waals surface area contributed by atoms with Crippen LogP contribution in [-0.2, 0) is 16.6 Å². The molecule has 0 spiro atoms. The van der Waals surface area contributed by atoms with Crippen LogP contribution in [0.3, 0.4) is 0 Å². The number of carbonyl (C=O) groups excluding carboxylic acids is 1. The van der Waals surface area contributed by atoms with Crippen molar-refractivity contribution in [1.29, 1.82) is 0 Å². The highest BCUT2D eigenvalue weighted by atomic mass is 35.5. The average Bonchev–Trinajstić information content (AvgIpc) is 2.85. The molecule has 6 nitrogen and oxygen atoms in total. The summed E-state index contributed by atoms with van der Waals surface area (Å²) in [6.07, 6.45) is 1.13. The number of benzene rings is 3. The van der Waals surface area contributed by atoms with Crippen LogP contribution in [0.5, 0.6) is 0 Å². The van der Waals surface area contributed by atoms with Crippen LogP contribution in [0.2, 0.25) is 10.0 Å². The lowest BCUT2D eigenvalue weighted by atomic mass is 10.1. The van der Waals surface area contributed by atoms with E-state index >= 15 is 0 Å². The number of carbonyl (C=O) groups is 1. The molecule has 1 amide bonds. The molecule has 0 radical (unpaired) electrons. The fourth-order valence-corrected chi connectivity index (χ4v) is 5.79. The topological polar surface area (TPSA) is 60.9 Å². The monoisotopic (exact) mass is 545 g/mol. The maximum absolute atomic E-state index is 13.2. The fourth-order valence-electron chi connectivity index (χ4n) is 4.41. The SMILES string of the molecule is Cc1cccc(N2CCN(C(=O)c3ccc(N(Cc4c(Cl)cccc4Cl)S(C)(=O)=O)cc3)CC2)c1C. The third kappa shape index (κ3) is 5.64. The molecule has 190 valence electrons. The molecule has 3 aromatic carbocycles. The van der Waals surface area contributed by atoms with E-state index < -0.39 is 10.0 Å². The van der Waals surface area contributed by atoms with Crippen LogP contribution in [0.25, 0.3) is 0 Å². The third-order valence-corrected chi connectivity index (χ3v) is 8.50. The van der Waals surface area contributed by atoms with E-state index in [0.29, 0.717) is 39.9 Å². The molecule has 0 unspecified atom stereocenters. The highest BCUT2D eigenvalue weighted by Gasteiger charge is 2.25. The van der Waals surface area contributed by atoms with Gasteiger partial charge < -0.3 is 9.80 Å². The maximum Gasteiger partial charge on any atom is 0.253 e. The van der Waals surface area contributed by atoms with Crippen molar-refractivity contribution in [3.8, 4) is 0 Å². The Labute approximate surface area is 223 Å². The van der Waals surface area contributed by atoms with Crippen molar-refractivity contribution >= 4 is 50.5 Å². The molecule has 1 heterocycles. The lowest BCUT2D eigenvalue weighted by Crippen LogP contribution is -2.49.